The van der Waals surface area contributed by atoms with E-state index in [1.807, 2.05) is 0 Å². The number of nitrogens with one attached hydrogen (secondary N) is 1. The molecule has 2 aliphatic carbocycles. The highest BCUT2D eigenvalue weighted by molar-refractivity contribution is 5.14. The Balaban J connectivity index is 1.58. The van der Waals surface area contributed by atoms with Crippen molar-refractivity contribution in [3.63, 3.8) is 0 Å². The molecule has 2 saturated carbocycles. The number of nitrogens with zero attached hydrogens (tertiary/aromatic N) is 2. The summed E-state index contributed by atoms with van der Waals surface area (Å²) >= 11 is 0. The van der Waals surface area contributed by atoms with E-state index in [-0.39, 0.29) is 5.54 Å². The molecule has 0 aromatic heterocycles. The molecule has 3 nitrogen and oxygen atoms in total. The number of hydrogen-bond donors (Lipinski definition) is 1. The van der Waals surface area contributed by atoms with Crippen LogP contribution in [0.5, 0.6) is 0 Å². The number of likely N-dealkylation sites (tertiary alicyclic amines) is 1. The average molecular weight is 261 g/mol. The molecule has 0 aromatic carbocycles. The number of hydrogen-bond acceptors (Lipinski definition) is 3. The van der Waals surface area contributed by atoms with Crippen molar-refractivity contribution in [1.82, 2.24) is 10.2 Å². The van der Waals surface area contributed by atoms with Crippen molar-refractivity contribution in [2.24, 2.45) is 11.8 Å². The summed E-state index contributed by atoms with van der Waals surface area (Å²) in [5.74, 6) is 1.95. The van der Waals surface area contributed by atoms with Crippen LogP contribution in [0.25, 0.3) is 0 Å². The Labute approximate surface area is 117 Å². The lowest BCUT2D eigenvalue weighted by molar-refractivity contribution is 0.219. The van der Waals surface area contributed by atoms with Crippen LogP contribution in [0.1, 0.15) is 51.9 Å². The van der Waals surface area contributed by atoms with Gasteiger partial charge in [-0.05, 0) is 56.9 Å². The summed E-state index contributed by atoms with van der Waals surface area (Å²) in [6, 6.07) is 3.24. The fourth-order valence-electron chi connectivity index (χ4n) is 4.57. The molecule has 1 N–H and O–H groups in total. The predicted molar refractivity (Wildman–Crippen MR) is 76.7 cm³/mol. The minimum atomic E-state index is -0.224. The molecule has 4 atom stereocenters. The van der Waals surface area contributed by atoms with Crippen molar-refractivity contribution < 1.29 is 0 Å². The first-order chi connectivity index (χ1) is 9.26. The van der Waals surface area contributed by atoms with Gasteiger partial charge in [0, 0.05) is 19.1 Å². The molecule has 3 rings (SSSR count). The molecular formula is C16H27N3. The zero-order valence-electron chi connectivity index (χ0n) is 12.2. The SMILES string of the molecule is CCCNC1(C#N)CCC(N2CC3CCCC3C2)C1. The van der Waals surface area contributed by atoms with Crippen molar-refractivity contribution in [1.29, 1.82) is 5.26 Å². The van der Waals surface area contributed by atoms with E-state index in [0.29, 0.717) is 6.04 Å². The molecule has 3 heteroatoms. The van der Waals surface area contributed by atoms with E-state index in [2.05, 4.69) is 23.2 Å². The zero-order valence-corrected chi connectivity index (χ0v) is 12.2. The molecular weight excluding hydrogens is 234 g/mol. The van der Waals surface area contributed by atoms with E-state index in [1.165, 1.54) is 38.8 Å². The molecule has 0 bridgehead atoms. The molecule has 0 spiro atoms. The Morgan fingerprint density at radius 3 is 2.63 bits per heavy atom. The second-order valence-corrected chi connectivity index (χ2v) is 6.92. The molecule has 0 amide bonds. The van der Waals surface area contributed by atoms with Gasteiger partial charge in [0.05, 0.1) is 6.07 Å². The lowest BCUT2D eigenvalue weighted by Crippen LogP contribution is -2.44. The maximum Gasteiger partial charge on any atom is 0.108 e. The molecule has 0 radical (unpaired) electrons. The molecule has 19 heavy (non-hydrogen) atoms. The highest BCUT2D eigenvalue weighted by atomic mass is 15.2. The van der Waals surface area contributed by atoms with Gasteiger partial charge in [-0.2, -0.15) is 5.26 Å². The van der Waals surface area contributed by atoms with Crippen molar-refractivity contribution in [2.45, 2.75) is 63.5 Å². The zero-order chi connectivity index (χ0) is 13.3. The van der Waals surface area contributed by atoms with Crippen molar-refractivity contribution in [3.8, 4) is 6.07 Å². The highest BCUT2D eigenvalue weighted by Crippen LogP contribution is 2.42. The molecule has 1 aliphatic heterocycles. The van der Waals surface area contributed by atoms with Gasteiger partial charge in [0.2, 0.25) is 0 Å². The minimum Gasteiger partial charge on any atom is -0.300 e. The Hall–Kier alpha value is -0.590. The molecule has 1 saturated heterocycles. The standard InChI is InChI=1S/C16H27N3/c1-2-8-18-16(12-17)7-6-15(9-16)19-10-13-4-3-5-14(13)11-19/h13-15,18H,2-11H2,1H3. The van der Waals surface area contributed by atoms with E-state index in [4.69, 9.17) is 0 Å². The maximum absolute atomic E-state index is 9.53. The van der Waals surface area contributed by atoms with Gasteiger partial charge in [-0.3, -0.25) is 10.2 Å². The van der Waals surface area contributed by atoms with Crippen LogP contribution in [-0.2, 0) is 0 Å². The van der Waals surface area contributed by atoms with E-state index < -0.39 is 0 Å². The van der Waals surface area contributed by atoms with Gasteiger partial charge in [0.25, 0.3) is 0 Å². The van der Waals surface area contributed by atoms with E-state index in [0.717, 1.165) is 37.6 Å². The third-order valence-electron chi connectivity index (χ3n) is 5.69. The molecule has 106 valence electrons. The molecule has 1 heterocycles. The fourth-order valence-corrected chi connectivity index (χ4v) is 4.57. The van der Waals surface area contributed by atoms with Gasteiger partial charge >= 0.3 is 0 Å². The van der Waals surface area contributed by atoms with Crippen LogP contribution in [0.3, 0.4) is 0 Å². The van der Waals surface area contributed by atoms with Crippen LogP contribution in [0.4, 0.5) is 0 Å². The summed E-state index contributed by atoms with van der Waals surface area (Å²) < 4.78 is 0. The second kappa shape index (κ2) is 5.42. The fraction of sp³-hybridized carbons (Fsp3) is 0.938. The first kappa shape index (κ1) is 13.4. The van der Waals surface area contributed by atoms with Gasteiger partial charge in [0.15, 0.2) is 0 Å². The van der Waals surface area contributed by atoms with E-state index in [9.17, 15) is 5.26 Å². The summed E-state index contributed by atoms with van der Waals surface area (Å²) in [5, 5.41) is 13.0. The normalized spacial score (nSPS) is 42.4. The van der Waals surface area contributed by atoms with Gasteiger partial charge in [-0.1, -0.05) is 13.3 Å². The van der Waals surface area contributed by atoms with Crippen molar-refractivity contribution >= 4 is 0 Å². The van der Waals surface area contributed by atoms with Gasteiger partial charge in [0.1, 0.15) is 5.54 Å². The lowest BCUT2D eigenvalue weighted by atomic mass is 9.99. The van der Waals surface area contributed by atoms with Crippen LogP contribution in [0, 0.1) is 23.2 Å². The van der Waals surface area contributed by atoms with Crippen molar-refractivity contribution in [2.75, 3.05) is 19.6 Å². The molecule has 0 aromatic rings. The Kier molecular flexibility index (Phi) is 3.82. The van der Waals surface area contributed by atoms with E-state index >= 15 is 0 Å². The first-order valence-corrected chi connectivity index (χ1v) is 8.16. The lowest BCUT2D eigenvalue weighted by Gasteiger charge is -2.27. The van der Waals surface area contributed by atoms with Crippen LogP contribution >= 0.6 is 0 Å². The summed E-state index contributed by atoms with van der Waals surface area (Å²) in [7, 11) is 0. The quantitative estimate of drug-likeness (QED) is 0.845. The number of rotatable bonds is 4. The topological polar surface area (TPSA) is 39.1 Å². The van der Waals surface area contributed by atoms with Gasteiger partial charge in [-0.15, -0.1) is 0 Å². The number of fused-ring (bicyclic) bond motifs is 1. The highest BCUT2D eigenvalue weighted by Gasteiger charge is 2.45. The van der Waals surface area contributed by atoms with E-state index in [1.54, 1.807) is 0 Å². The summed E-state index contributed by atoms with van der Waals surface area (Å²) in [5.41, 5.74) is -0.224. The van der Waals surface area contributed by atoms with Gasteiger partial charge < -0.3 is 0 Å². The predicted octanol–water partition coefficient (Wildman–Crippen LogP) is 2.53. The second-order valence-electron chi connectivity index (χ2n) is 6.92. The Morgan fingerprint density at radius 1 is 1.26 bits per heavy atom. The largest absolute Gasteiger partial charge is 0.300 e. The van der Waals surface area contributed by atoms with Crippen LogP contribution in [-0.4, -0.2) is 36.1 Å². The first-order valence-electron chi connectivity index (χ1n) is 8.16. The third kappa shape index (κ3) is 2.53. The summed E-state index contributed by atoms with van der Waals surface area (Å²) in [6.45, 7) is 5.77. The molecule has 4 unspecified atom stereocenters. The van der Waals surface area contributed by atoms with Crippen LogP contribution in [0.15, 0.2) is 0 Å². The maximum atomic E-state index is 9.53. The average Bonchev–Trinajstić information content (AvgIpc) is 3.10. The Bertz CT molecular complexity index is 349. The van der Waals surface area contributed by atoms with Gasteiger partial charge in [-0.25, -0.2) is 0 Å². The number of nitriles is 1. The summed E-state index contributed by atoms with van der Waals surface area (Å²) in [6.07, 6.45) is 8.76. The van der Waals surface area contributed by atoms with Crippen LogP contribution in [0.2, 0.25) is 0 Å². The summed E-state index contributed by atoms with van der Waals surface area (Å²) in [4.78, 5) is 2.71. The molecule has 3 aliphatic rings. The molecule has 3 fully saturated rings. The van der Waals surface area contributed by atoms with Crippen LogP contribution < -0.4 is 5.32 Å². The van der Waals surface area contributed by atoms with Crippen molar-refractivity contribution in [3.05, 3.63) is 0 Å². The smallest absolute Gasteiger partial charge is 0.108 e. The monoisotopic (exact) mass is 261 g/mol. The minimum absolute atomic E-state index is 0.224. The Morgan fingerprint density at radius 2 is 2.00 bits per heavy atom. The third-order valence-corrected chi connectivity index (χ3v) is 5.69.